The maximum atomic E-state index is 12.2. The number of benzene rings is 1. The molecule has 3 N–H and O–H groups in total. The van der Waals surface area contributed by atoms with Gasteiger partial charge in [0.05, 0.1) is 12.8 Å². The van der Waals surface area contributed by atoms with Gasteiger partial charge in [-0.05, 0) is 36.8 Å². The summed E-state index contributed by atoms with van der Waals surface area (Å²) in [5, 5.41) is 2.89. The van der Waals surface area contributed by atoms with Crippen LogP contribution in [0.5, 0.6) is 0 Å². The van der Waals surface area contributed by atoms with Crippen molar-refractivity contribution >= 4 is 5.91 Å². The van der Waals surface area contributed by atoms with E-state index in [0.717, 1.165) is 16.9 Å². The minimum atomic E-state index is -0.101. The first-order valence-corrected chi connectivity index (χ1v) is 6.81. The minimum absolute atomic E-state index is 0.101. The van der Waals surface area contributed by atoms with Crippen LogP contribution in [0.3, 0.4) is 0 Å². The summed E-state index contributed by atoms with van der Waals surface area (Å²) >= 11 is 0. The van der Waals surface area contributed by atoms with Gasteiger partial charge in [0.2, 0.25) is 0 Å². The molecule has 0 radical (unpaired) electrons. The fourth-order valence-electron chi connectivity index (χ4n) is 1.95. The number of nitrogens with two attached hydrogens (primary N) is 1. The van der Waals surface area contributed by atoms with Gasteiger partial charge in [-0.2, -0.15) is 0 Å². The molecule has 0 bridgehead atoms. The molecule has 0 aliphatic heterocycles. The van der Waals surface area contributed by atoms with Crippen molar-refractivity contribution in [1.29, 1.82) is 0 Å². The molecule has 4 heteroatoms. The van der Waals surface area contributed by atoms with Crippen LogP contribution in [0, 0.1) is 18.8 Å². The minimum Gasteiger partial charge on any atom is -0.469 e. The van der Waals surface area contributed by atoms with Gasteiger partial charge in [-0.15, -0.1) is 0 Å². The Hall–Kier alpha value is -2.51. The summed E-state index contributed by atoms with van der Waals surface area (Å²) in [5.41, 5.74) is 7.71. The lowest BCUT2D eigenvalue weighted by Crippen LogP contribution is -2.26. The normalized spacial score (nSPS) is 9.81. The van der Waals surface area contributed by atoms with Gasteiger partial charge < -0.3 is 15.5 Å². The molecule has 2 aromatic rings. The molecule has 0 atom stereocenters. The molecule has 1 amide bonds. The molecule has 0 saturated heterocycles. The average Bonchev–Trinajstić information content (AvgIpc) is 2.99. The maximum Gasteiger partial charge on any atom is 0.251 e. The summed E-state index contributed by atoms with van der Waals surface area (Å²) in [6, 6.07) is 9.29. The molecule has 0 saturated carbocycles. The lowest BCUT2D eigenvalue weighted by molar-refractivity contribution is 0.0953. The molecule has 0 aliphatic carbocycles. The Bertz CT molecular complexity index is 664. The Labute approximate surface area is 124 Å². The molecule has 0 aliphatic rings. The number of amides is 1. The molecule has 0 unspecified atom stereocenters. The summed E-state index contributed by atoms with van der Waals surface area (Å²) in [7, 11) is 0. The standard InChI is InChI=1S/C17H18N2O2/c1-13-6-7-14(4-2-9-18)12-16(13)17(20)19-10-8-15-5-3-11-21-15/h3,5-7,11-12H,8-10,18H2,1H3,(H,19,20). The van der Waals surface area contributed by atoms with E-state index in [4.69, 9.17) is 10.2 Å². The molecular formula is C17H18N2O2. The molecule has 1 aromatic carbocycles. The summed E-state index contributed by atoms with van der Waals surface area (Å²) in [6.45, 7) is 2.74. The first kappa shape index (κ1) is 14.9. The summed E-state index contributed by atoms with van der Waals surface area (Å²) in [4.78, 5) is 12.2. The zero-order valence-corrected chi connectivity index (χ0v) is 12.0. The van der Waals surface area contributed by atoms with Crippen LogP contribution < -0.4 is 11.1 Å². The van der Waals surface area contributed by atoms with Crippen LogP contribution in [0.4, 0.5) is 0 Å². The second-order valence-corrected chi connectivity index (χ2v) is 4.62. The van der Waals surface area contributed by atoms with Gasteiger partial charge in [0, 0.05) is 24.1 Å². The van der Waals surface area contributed by atoms with Crippen molar-refractivity contribution in [3.05, 3.63) is 59.0 Å². The highest BCUT2D eigenvalue weighted by Crippen LogP contribution is 2.10. The topological polar surface area (TPSA) is 68.3 Å². The van der Waals surface area contributed by atoms with Crippen LogP contribution in [0.1, 0.15) is 27.2 Å². The third-order valence-corrected chi connectivity index (χ3v) is 3.05. The second-order valence-electron chi connectivity index (χ2n) is 4.62. The van der Waals surface area contributed by atoms with E-state index in [1.807, 2.05) is 31.2 Å². The van der Waals surface area contributed by atoms with Crippen LogP contribution >= 0.6 is 0 Å². The lowest BCUT2D eigenvalue weighted by atomic mass is 10.0. The molecule has 0 spiro atoms. The fraction of sp³-hybridized carbons (Fsp3) is 0.235. The Morgan fingerprint density at radius 3 is 2.95 bits per heavy atom. The number of rotatable bonds is 4. The molecule has 2 rings (SSSR count). The Balaban J connectivity index is 2.00. The van der Waals surface area contributed by atoms with E-state index in [1.54, 1.807) is 12.3 Å². The summed E-state index contributed by atoms with van der Waals surface area (Å²) in [6.07, 6.45) is 2.30. The van der Waals surface area contributed by atoms with Crippen molar-refractivity contribution in [2.75, 3.05) is 13.1 Å². The van der Waals surface area contributed by atoms with E-state index < -0.39 is 0 Å². The molecule has 108 valence electrons. The number of carbonyl (C=O) groups excluding carboxylic acids is 1. The van der Waals surface area contributed by atoms with Gasteiger partial charge in [-0.25, -0.2) is 0 Å². The van der Waals surface area contributed by atoms with Crippen molar-refractivity contribution in [3.63, 3.8) is 0 Å². The zero-order valence-electron chi connectivity index (χ0n) is 12.0. The van der Waals surface area contributed by atoms with E-state index in [0.29, 0.717) is 25.1 Å². The highest BCUT2D eigenvalue weighted by Gasteiger charge is 2.09. The summed E-state index contributed by atoms with van der Waals surface area (Å²) in [5.74, 6) is 6.48. The van der Waals surface area contributed by atoms with Crippen molar-refractivity contribution in [2.24, 2.45) is 5.73 Å². The van der Waals surface area contributed by atoms with Crippen molar-refractivity contribution in [2.45, 2.75) is 13.3 Å². The van der Waals surface area contributed by atoms with Gasteiger partial charge >= 0.3 is 0 Å². The highest BCUT2D eigenvalue weighted by atomic mass is 16.3. The van der Waals surface area contributed by atoms with Crippen LogP contribution in [0.25, 0.3) is 0 Å². The predicted molar refractivity (Wildman–Crippen MR) is 81.9 cm³/mol. The van der Waals surface area contributed by atoms with Crippen LogP contribution in [0.2, 0.25) is 0 Å². The number of hydrogen-bond donors (Lipinski definition) is 2. The van der Waals surface area contributed by atoms with Crippen LogP contribution in [-0.2, 0) is 6.42 Å². The SMILES string of the molecule is Cc1ccc(C#CCN)cc1C(=O)NCCc1ccco1. The van der Waals surface area contributed by atoms with Crippen LogP contribution in [-0.4, -0.2) is 19.0 Å². The van der Waals surface area contributed by atoms with Gasteiger partial charge in [-0.3, -0.25) is 4.79 Å². The number of aryl methyl sites for hydroxylation is 1. The maximum absolute atomic E-state index is 12.2. The third kappa shape index (κ3) is 4.23. The number of nitrogens with one attached hydrogen (secondary N) is 1. The Morgan fingerprint density at radius 1 is 1.38 bits per heavy atom. The molecule has 21 heavy (non-hydrogen) atoms. The molecular weight excluding hydrogens is 264 g/mol. The summed E-state index contributed by atoms with van der Waals surface area (Å²) < 4.78 is 5.23. The monoisotopic (exact) mass is 282 g/mol. The van der Waals surface area contributed by atoms with E-state index in [9.17, 15) is 4.79 Å². The fourth-order valence-corrected chi connectivity index (χ4v) is 1.95. The molecule has 4 nitrogen and oxygen atoms in total. The molecule has 0 fully saturated rings. The van der Waals surface area contributed by atoms with E-state index in [2.05, 4.69) is 17.2 Å². The van der Waals surface area contributed by atoms with Gasteiger partial charge in [0.25, 0.3) is 5.91 Å². The first-order valence-electron chi connectivity index (χ1n) is 6.81. The van der Waals surface area contributed by atoms with Gasteiger partial charge in [0.1, 0.15) is 5.76 Å². The highest BCUT2D eigenvalue weighted by molar-refractivity contribution is 5.96. The van der Waals surface area contributed by atoms with E-state index in [1.165, 1.54) is 0 Å². The van der Waals surface area contributed by atoms with Gasteiger partial charge in [0.15, 0.2) is 0 Å². The van der Waals surface area contributed by atoms with Crippen LogP contribution in [0.15, 0.2) is 41.0 Å². The Morgan fingerprint density at radius 2 is 2.24 bits per heavy atom. The first-order chi connectivity index (χ1) is 10.2. The van der Waals surface area contributed by atoms with Crippen molar-refractivity contribution < 1.29 is 9.21 Å². The average molecular weight is 282 g/mol. The molecule has 1 heterocycles. The lowest BCUT2D eigenvalue weighted by Gasteiger charge is -2.07. The Kier molecular flexibility index (Phi) is 5.19. The van der Waals surface area contributed by atoms with E-state index in [-0.39, 0.29) is 5.91 Å². The number of furan rings is 1. The van der Waals surface area contributed by atoms with E-state index >= 15 is 0 Å². The quantitative estimate of drug-likeness (QED) is 0.841. The predicted octanol–water partition coefficient (Wildman–Crippen LogP) is 1.87. The third-order valence-electron chi connectivity index (χ3n) is 3.05. The molecule has 1 aromatic heterocycles. The second kappa shape index (κ2) is 7.32. The van der Waals surface area contributed by atoms with Crippen molar-refractivity contribution in [3.8, 4) is 11.8 Å². The smallest absolute Gasteiger partial charge is 0.251 e. The zero-order chi connectivity index (χ0) is 15.1. The van der Waals surface area contributed by atoms with Gasteiger partial charge in [-0.1, -0.05) is 17.9 Å². The number of hydrogen-bond acceptors (Lipinski definition) is 3. The van der Waals surface area contributed by atoms with Crippen molar-refractivity contribution in [1.82, 2.24) is 5.32 Å². The largest absolute Gasteiger partial charge is 0.469 e. The number of carbonyl (C=O) groups is 1.